The molecule has 0 radical (unpaired) electrons. The van der Waals surface area contributed by atoms with E-state index in [4.69, 9.17) is 19.3 Å². The van der Waals surface area contributed by atoms with Crippen molar-refractivity contribution in [1.29, 1.82) is 0 Å². The second-order valence-electron chi connectivity index (χ2n) is 13.3. The topological polar surface area (TPSA) is 119 Å². The predicted octanol–water partition coefficient (Wildman–Crippen LogP) is 7.81. The van der Waals surface area contributed by atoms with Gasteiger partial charge in [-0.05, 0) is 56.4 Å². The number of carbonyl (C=O) groups excluding carboxylic acids is 2. The summed E-state index contributed by atoms with van der Waals surface area (Å²) in [6.45, 7) is 2.07. The maximum atomic E-state index is 15.0. The van der Waals surface area contributed by atoms with Crippen molar-refractivity contribution in [2.24, 2.45) is 0 Å². The molecule has 0 saturated carbocycles. The molecule has 54 heavy (non-hydrogen) atoms. The monoisotopic (exact) mass is 785 g/mol. The number of methoxy groups -OCH3 is 1. The molecular weight excluding hydrogens is 744 g/mol. The number of thiophene rings is 1. The molecule has 0 unspecified atom stereocenters. The molecule has 17 heteroatoms. The van der Waals surface area contributed by atoms with Gasteiger partial charge in [0, 0.05) is 57.5 Å². The molecule has 0 spiro atoms. The van der Waals surface area contributed by atoms with Crippen molar-refractivity contribution in [1.82, 2.24) is 14.8 Å². The Bertz CT molecular complexity index is 1790. The number of pyridine rings is 1. The molecule has 0 bridgehead atoms. The number of carbonyl (C=O) groups is 3. The molecule has 2 fully saturated rings. The minimum atomic E-state index is -4.89. The number of ether oxygens (including phenoxy) is 3. The summed E-state index contributed by atoms with van der Waals surface area (Å²) in [5.74, 6) is -2.09. The Balaban J connectivity index is 1.49. The normalized spacial score (nSPS) is 20.4. The first-order valence-electron chi connectivity index (χ1n) is 17.5. The number of carboxylic acids is 1. The van der Waals surface area contributed by atoms with Crippen LogP contribution in [0, 0.1) is 0 Å². The molecule has 2 aromatic heterocycles. The molecule has 2 saturated heterocycles. The van der Waals surface area contributed by atoms with Crippen LogP contribution in [0.25, 0.3) is 0 Å². The number of aromatic nitrogens is 1. The average molecular weight is 786 g/mol. The highest BCUT2D eigenvalue weighted by Gasteiger charge is 2.57. The zero-order chi connectivity index (χ0) is 39.3. The highest BCUT2D eigenvalue weighted by molar-refractivity contribution is 7.13. The lowest BCUT2D eigenvalue weighted by molar-refractivity contribution is -0.164. The van der Waals surface area contributed by atoms with Gasteiger partial charge in [-0.1, -0.05) is 42.9 Å². The Kier molecular flexibility index (Phi) is 12.5. The molecule has 5 rings (SSSR count). The summed E-state index contributed by atoms with van der Waals surface area (Å²) < 4.78 is 102. The van der Waals surface area contributed by atoms with E-state index in [2.05, 4.69) is 4.98 Å². The van der Waals surface area contributed by atoms with E-state index in [1.807, 2.05) is 6.07 Å². The Morgan fingerprint density at radius 2 is 1.70 bits per heavy atom. The van der Waals surface area contributed by atoms with Crippen molar-refractivity contribution in [2.75, 3.05) is 33.4 Å². The van der Waals surface area contributed by atoms with Crippen LogP contribution in [0.1, 0.15) is 84.7 Å². The van der Waals surface area contributed by atoms with Crippen molar-refractivity contribution in [3.63, 3.8) is 0 Å². The molecule has 2 aliphatic heterocycles. The van der Waals surface area contributed by atoms with Crippen LogP contribution in [-0.4, -0.2) is 82.7 Å². The van der Waals surface area contributed by atoms with Crippen molar-refractivity contribution in [3.05, 3.63) is 76.4 Å². The van der Waals surface area contributed by atoms with Crippen LogP contribution in [0.4, 0.5) is 26.3 Å². The Morgan fingerprint density at radius 3 is 2.33 bits per heavy atom. The van der Waals surface area contributed by atoms with E-state index in [0.29, 0.717) is 35.1 Å². The highest BCUT2D eigenvalue weighted by atomic mass is 32.1. The summed E-state index contributed by atoms with van der Waals surface area (Å²) in [4.78, 5) is 45.5. The van der Waals surface area contributed by atoms with Gasteiger partial charge < -0.3 is 29.1 Å². The summed E-state index contributed by atoms with van der Waals surface area (Å²) in [6.07, 6.45) is -6.57. The highest BCUT2D eigenvalue weighted by Crippen LogP contribution is 2.46. The summed E-state index contributed by atoms with van der Waals surface area (Å²) in [6, 6.07) is 8.61. The number of nitrogens with zero attached hydrogens (tertiary/aromatic N) is 3. The Hall–Kier alpha value is -4.38. The Morgan fingerprint density at radius 1 is 0.981 bits per heavy atom. The van der Waals surface area contributed by atoms with Gasteiger partial charge in [-0.3, -0.25) is 19.4 Å². The van der Waals surface area contributed by atoms with Gasteiger partial charge in [0.05, 0.1) is 29.4 Å². The lowest BCUT2D eigenvalue weighted by Crippen LogP contribution is -2.68. The number of alkyl halides is 6. The van der Waals surface area contributed by atoms with E-state index >= 15 is 0 Å². The van der Waals surface area contributed by atoms with Crippen molar-refractivity contribution in [2.45, 2.75) is 87.9 Å². The van der Waals surface area contributed by atoms with Gasteiger partial charge in [0.25, 0.3) is 11.8 Å². The van der Waals surface area contributed by atoms with Gasteiger partial charge in [0.15, 0.2) is 5.06 Å². The number of para-hydroxylation sites is 1. The molecule has 4 heterocycles. The van der Waals surface area contributed by atoms with E-state index < -0.39 is 63.4 Å². The minimum Gasteiger partial charge on any atom is -0.493 e. The standard InChI is InChI=1S/C37H41F6N3O7S/c1-3-8-28-35(53-31-13-12-29(54-31)37(41,42)43,15-7-19-46(28)32(49)24-23-44-18-14-25(24)36(38,39)40)33(50)45-20-16-34(51-2,17-21-45)26-9-4-5-10-27(26)52-22-6-11-30(47)48/h4-5,9-10,12-14,18,23,28H,3,6-8,11,15-17,19-22H2,1-2H3,(H,47,48)/t28-,35+/m1/s1. The number of hydrogen-bond donors (Lipinski definition) is 1. The molecule has 0 aliphatic carbocycles. The van der Waals surface area contributed by atoms with Crippen molar-refractivity contribution < 1.29 is 60.0 Å². The maximum Gasteiger partial charge on any atom is 0.425 e. The minimum absolute atomic E-state index is 0.0162. The van der Waals surface area contributed by atoms with Gasteiger partial charge in [-0.15, -0.1) is 0 Å². The lowest BCUT2D eigenvalue weighted by Gasteiger charge is -2.51. The molecule has 2 atom stereocenters. The van der Waals surface area contributed by atoms with Crippen LogP contribution in [0.5, 0.6) is 10.8 Å². The molecule has 2 aliphatic rings. The van der Waals surface area contributed by atoms with Gasteiger partial charge >= 0.3 is 18.3 Å². The summed E-state index contributed by atoms with van der Waals surface area (Å²) in [5.41, 5.74) is -4.11. The summed E-state index contributed by atoms with van der Waals surface area (Å²) in [5, 5.41) is 8.78. The smallest absolute Gasteiger partial charge is 0.425 e. The third kappa shape index (κ3) is 8.61. The number of rotatable bonds is 13. The first-order valence-corrected chi connectivity index (χ1v) is 18.3. The third-order valence-electron chi connectivity index (χ3n) is 9.97. The average Bonchev–Trinajstić information content (AvgIpc) is 3.63. The molecule has 1 aromatic carbocycles. The van der Waals surface area contributed by atoms with Crippen LogP contribution < -0.4 is 9.47 Å². The molecule has 2 amide bonds. The van der Waals surface area contributed by atoms with Crippen LogP contribution in [0.2, 0.25) is 0 Å². The number of halogens is 6. The van der Waals surface area contributed by atoms with E-state index in [1.54, 1.807) is 25.1 Å². The second-order valence-corrected chi connectivity index (χ2v) is 14.3. The fraction of sp³-hybridized carbons (Fsp3) is 0.514. The first kappa shape index (κ1) is 40.8. The van der Waals surface area contributed by atoms with Gasteiger partial charge in [0.1, 0.15) is 10.6 Å². The quantitative estimate of drug-likeness (QED) is 0.138. The Labute approximate surface area is 312 Å². The van der Waals surface area contributed by atoms with E-state index in [0.717, 1.165) is 24.5 Å². The summed E-state index contributed by atoms with van der Waals surface area (Å²) in [7, 11) is 1.52. The van der Waals surface area contributed by atoms with Gasteiger partial charge in [0.2, 0.25) is 5.60 Å². The fourth-order valence-corrected chi connectivity index (χ4v) is 8.17. The largest absolute Gasteiger partial charge is 0.493 e. The van der Waals surface area contributed by atoms with Crippen LogP contribution in [-0.2, 0) is 32.3 Å². The number of benzene rings is 1. The maximum absolute atomic E-state index is 15.0. The zero-order valence-corrected chi connectivity index (χ0v) is 30.5. The number of aliphatic carboxylic acids is 1. The van der Waals surface area contributed by atoms with Crippen LogP contribution in [0.3, 0.4) is 0 Å². The third-order valence-corrected chi connectivity index (χ3v) is 11.0. The van der Waals surface area contributed by atoms with E-state index in [1.165, 1.54) is 16.9 Å². The zero-order valence-electron chi connectivity index (χ0n) is 29.7. The molecule has 3 aromatic rings. The molecular formula is C37H41F6N3O7S. The second kappa shape index (κ2) is 16.6. The molecule has 10 nitrogen and oxygen atoms in total. The first-order chi connectivity index (χ1) is 25.6. The van der Waals surface area contributed by atoms with E-state index in [-0.39, 0.29) is 76.3 Å². The number of amides is 2. The number of carboxylic acid groups (broad SMARTS) is 1. The SMILES string of the molecule is CCC[C@H]1N(C(=O)c2cnccc2C(F)(F)F)CCC[C@@]1(Oc1ccc(C(F)(F)F)s1)C(=O)N1CCC(OC)(c2ccccc2OCCCC(=O)O)CC1. The molecule has 1 N–H and O–H groups in total. The summed E-state index contributed by atoms with van der Waals surface area (Å²) >= 11 is 0.293. The van der Waals surface area contributed by atoms with Crippen molar-refractivity contribution in [3.8, 4) is 10.8 Å². The van der Waals surface area contributed by atoms with Gasteiger partial charge in [-0.25, -0.2) is 0 Å². The number of piperidine rings is 2. The van der Waals surface area contributed by atoms with Crippen molar-refractivity contribution >= 4 is 29.1 Å². The van der Waals surface area contributed by atoms with E-state index in [9.17, 15) is 40.7 Å². The number of hydrogen-bond acceptors (Lipinski definition) is 8. The fourth-order valence-electron chi connectivity index (χ4n) is 7.37. The lowest BCUT2D eigenvalue weighted by atomic mass is 9.78. The van der Waals surface area contributed by atoms with Gasteiger partial charge in [-0.2, -0.15) is 26.3 Å². The van der Waals surface area contributed by atoms with Crippen LogP contribution in [0.15, 0.2) is 54.9 Å². The number of likely N-dealkylation sites (tertiary alicyclic amines) is 2. The molecule has 294 valence electrons. The van der Waals surface area contributed by atoms with Crippen LogP contribution >= 0.6 is 11.3 Å². The predicted molar refractivity (Wildman–Crippen MR) is 184 cm³/mol.